The van der Waals surface area contributed by atoms with Gasteiger partial charge >= 0.3 is 0 Å². The Morgan fingerprint density at radius 2 is 1.91 bits per heavy atom. The number of aliphatic imine (C=N–C) groups is 1. The van der Waals surface area contributed by atoms with Gasteiger partial charge in [0.25, 0.3) is 0 Å². The van der Waals surface area contributed by atoms with E-state index in [0.717, 1.165) is 25.1 Å². The number of nitrogens with zero attached hydrogens (tertiary/aromatic N) is 1. The second kappa shape index (κ2) is 7.77. The number of hydrogen-bond acceptors (Lipinski definition) is 1. The fraction of sp³-hybridized carbons (Fsp3) is 0.800. The lowest BCUT2D eigenvalue weighted by atomic mass is 10.1. The van der Waals surface area contributed by atoms with Gasteiger partial charge in [-0.25, -0.2) is 0 Å². The zero-order valence-corrected chi connectivity index (χ0v) is 7.90. The maximum Gasteiger partial charge on any atom is 0.0386 e. The van der Waals surface area contributed by atoms with Gasteiger partial charge in [-0.2, -0.15) is 0 Å². The molecule has 0 aliphatic heterocycles. The first-order valence-corrected chi connectivity index (χ1v) is 4.66. The van der Waals surface area contributed by atoms with Crippen LogP contribution >= 0.6 is 0 Å². The highest BCUT2D eigenvalue weighted by Crippen LogP contribution is 2.00. The molecule has 0 saturated heterocycles. The maximum atomic E-state index is 4.32. The van der Waals surface area contributed by atoms with Crippen LogP contribution in [0, 0.1) is 6.92 Å². The van der Waals surface area contributed by atoms with Gasteiger partial charge in [-0.15, -0.1) is 0 Å². The molecule has 0 unspecified atom stereocenters. The van der Waals surface area contributed by atoms with Gasteiger partial charge in [0, 0.05) is 12.3 Å². The molecule has 0 fully saturated rings. The van der Waals surface area contributed by atoms with Crippen LogP contribution in [0.4, 0.5) is 0 Å². The van der Waals surface area contributed by atoms with Crippen LogP contribution in [0.15, 0.2) is 4.99 Å². The summed E-state index contributed by atoms with van der Waals surface area (Å²) in [6.07, 6.45) is 6.06. The molecule has 0 aromatic heterocycles. The van der Waals surface area contributed by atoms with Gasteiger partial charge in [-0.3, -0.25) is 4.99 Å². The molecule has 1 heteroatoms. The van der Waals surface area contributed by atoms with Crippen LogP contribution in [0.1, 0.15) is 46.0 Å². The van der Waals surface area contributed by atoms with Crippen LogP contribution in [0.2, 0.25) is 0 Å². The highest BCUT2D eigenvalue weighted by Gasteiger charge is 1.90. The van der Waals surface area contributed by atoms with E-state index in [4.69, 9.17) is 0 Å². The maximum absolute atomic E-state index is 4.32. The molecule has 0 aliphatic carbocycles. The van der Waals surface area contributed by atoms with Crippen molar-refractivity contribution in [3.8, 4) is 0 Å². The van der Waals surface area contributed by atoms with E-state index < -0.39 is 0 Å². The molecule has 0 atom stereocenters. The van der Waals surface area contributed by atoms with Crippen molar-refractivity contribution in [2.24, 2.45) is 4.99 Å². The lowest BCUT2D eigenvalue weighted by molar-refractivity contribution is 0.740. The van der Waals surface area contributed by atoms with Crippen LogP contribution < -0.4 is 0 Å². The molecular formula is C10H20N. The Labute approximate surface area is 70.9 Å². The first kappa shape index (κ1) is 10.7. The van der Waals surface area contributed by atoms with Gasteiger partial charge < -0.3 is 0 Å². The van der Waals surface area contributed by atoms with Crippen molar-refractivity contribution in [1.82, 2.24) is 0 Å². The molecule has 0 N–H and O–H groups in total. The lowest BCUT2D eigenvalue weighted by Crippen LogP contribution is -1.93. The molecule has 0 heterocycles. The lowest BCUT2D eigenvalue weighted by Gasteiger charge is -1.98. The molecule has 0 saturated carbocycles. The molecule has 1 radical (unpaired) electrons. The van der Waals surface area contributed by atoms with Gasteiger partial charge in [-0.1, -0.05) is 26.7 Å². The minimum atomic E-state index is 0.949. The molecule has 1 nitrogen and oxygen atoms in total. The summed E-state index contributed by atoms with van der Waals surface area (Å²) < 4.78 is 0. The SMILES string of the molecule is [CH2]C(CCCCC)=NCCC. The molecule has 0 bridgehead atoms. The smallest absolute Gasteiger partial charge is 0.0386 e. The second-order valence-corrected chi connectivity index (χ2v) is 2.91. The number of hydrogen-bond donors (Lipinski definition) is 0. The molecule has 0 aromatic carbocycles. The standard InChI is InChI=1S/C10H20N/c1-4-6-7-8-10(3)11-9-5-2/h3-9H2,1-2H3. The summed E-state index contributed by atoms with van der Waals surface area (Å²) in [4.78, 5) is 4.32. The summed E-state index contributed by atoms with van der Waals surface area (Å²) in [6.45, 7) is 9.20. The van der Waals surface area contributed by atoms with Crippen LogP contribution in [-0.4, -0.2) is 12.3 Å². The normalized spacial score (nSPS) is 12.1. The van der Waals surface area contributed by atoms with E-state index >= 15 is 0 Å². The van der Waals surface area contributed by atoms with E-state index in [1.807, 2.05) is 0 Å². The molecule has 0 aromatic rings. The minimum absolute atomic E-state index is 0.949. The second-order valence-electron chi connectivity index (χ2n) is 2.91. The molecular weight excluding hydrogens is 134 g/mol. The Morgan fingerprint density at radius 1 is 1.18 bits per heavy atom. The fourth-order valence-corrected chi connectivity index (χ4v) is 0.928. The summed E-state index contributed by atoms with van der Waals surface area (Å²) in [6, 6.07) is 0. The third kappa shape index (κ3) is 7.57. The zero-order chi connectivity index (χ0) is 8.53. The largest absolute Gasteiger partial charge is 0.294 e. The quantitative estimate of drug-likeness (QED) is 0.411. The first-order valence-electron chi connectivity index (χ1n) is 4.66. The Balaban J connectivity index is 3.27. The van der Waals surface area contributed by atoms with Gasteiger partial charge in [0.15, 0.2) is 0 Å². The van der Waals surface area contributed by atoms with Crippen molar-refractivity contribution in [2.75, 3.05) is 6.54 Å². The predicted molar refractivity (Wildman–Crippen MR) is 52.1 cm³/mol. The van der Waals surface area contributed by atoms with E-state index in [1.54, 1.807) is 0 Å². The average molecular weight is 154 g/mol. The predicted octanol–water partition coefficient (Wildman–Crippen LogP) is 3.25. The van der Waals surface area contributed by atoms with Crippen molar-refractivity contribution in [2.45, 2.75) is 46.0 Å². The molecule has 11 heavy (non-hydrogen) atoms. The summed E-state index contributed by atoms with van der Waals surface area (Å²) >= 11 is 0. The van der Waals surface area contributed by atoms with E-state index in [0.29, 0.717) is 0 Å². The fourth-order valence-electron chi connectivity index (χ4n) is 0.928. The van der Waals surface area contributed by atoms with Crippen LogP contribution in [0.5, 0.6) is 0 Å². The average Bonchev–Trinajstić information content (AvgIpc) is 2.01. The summed E-state index contributed by atoms with van der Waals surface area (Å²) in [5.74, 6) is 0. The van der Waals surface area contributed by atoms with E-state index in [2.05, 4.69) is 25.8 Å². The number of rotatable bonds is 6. The van der Waals surface area contributed by atoms with Crippen molar-refractivity contribution < 1.29 is 0 Å². The molecule has 65 valence electrons. The molecule has 0 spiro atoms. The Hall–Kier alpha value is -0.330. The molecule has 0 rings (SSSR count). The van der Waals surface area contributed by atoms with Crippen molar-refractivity contribution >= 4 is 5.71 Å². The molecule has 0 amide bonds. The van der Waals surface area contributed by atoms with Crippen LogP contribution in [0.25, 0.3) is 0 Å². The van der Waals surface area contributed by atoms with Gasteiger partial charge in [0.2, 0.25) is 0 Å². The van der Waals surface area contributed by atoms with Gasteiger partial charge in [0.1, 0.15) is 0 Å². The third-order valence-electron chi connectivity index (χ3n) is 1.63. The Morgan fingerprint density at radius 3 is 2.45 bits per heavy atom. The van der Waals surface area contributed by atoms with E-state index in [9.17, 15) is 0 Å². The third-order valence-corrected chi connectivity index (χ3v) is 1.63. The zero-order valence-electron chi connectivity index (χ0n) is 7.90. The Bertz CT molecular complexity index is 105. The van der Waals surface area contributed by atoms with Crippen molar-refractivity contribution in [3.63, 3.8) is 0 Å². The highest BCUT2D eigenvalue weighted by molar-refractivity contribution is 5.88. The van der Waals surface area contributed by atoms with E-state index in [-0.39, 0.29) is 0 Å². The van der Waals surface area contributed by atoms with Crippen LogP contribution in [0.3, 0.4) is 0 Å². The summed E-state index contributed by atoms with van der Waals surface area (Å²) in [7, 11) is 0. The highest BCUT2D eigenvalue weighted by atomic mass is 14.7. The number of unbranched alkanes of at least 4 members (excludes halogenated alkanes) is 2. The minimum Gasteiger partial charge on any atom is -0.294 e. The van der Waals surface area contributed by atoms with Gasteiger partial charge in [0.05, 0.1) is 0 Å². The van der Waals surface area contributed by atoms with E-state index in [1.165, 1.54) is 19.3 Å². The molecule has 0 aliphatic rings. The summed E-state index contributed by atoms with van der Waals surface area (Å²) in [5.41, 5.74) is 1.08. The summed E-state index contributed by atoms with van der Waals surface area (Å²) in [5, 5.41) is 0. The van der Waals surface area contributed by atoms with Gasteiger partial charge in [-0.05, 0) is 26.2 Å². The Kier molecular flexibility index (Phi) is 7.54. The topological polar surface area (TPSA) is 12.4 Å². The van der Waals surface area contributed by atoms with Crippen LogP contribution in [-0.2, 0) is 0 Å². The van der Waals surface area contributed by atoms with Crippen molar-refractivity contribution in [3.05, 3.63) is 6.92 Å². The first-order chi connectivity index (χ1) is 5.31. The monoisotopic (exact) mass is 154 g/mol. The van der Waals surface area contributed by atoms with Crippen molar-refractivity contribution in [1.29, 1.82) is 0 Å².